The van der Waals surface area contributed by atoms with Gasteiger partial charge in [-0.15, -0.1) is 0 Å². The molecule has 0 spiro atoms. The van der Waals surface area contributed by atoms with Gasteiger partial charge in [-0.3, -0.25) is 9.78 Å². The number of rotatable bonds is 7. The molecule has 0 bridgehead atoms. The van der Waals surface area contributed by atoms with Gasteiger partial charge in [-0.05, 0) is 42.3 Å². The molecule has 140 valence electrons. The summed E-state index contributed by atoms with van der Waals surface area (Å²) in [4.78, 5) is 20.7. The van der Waals surface area contributed by atoms with Crippen LogP contribution in [0.1, 0.15) is 28.3 Å². The van der Waals surface area contributed by atoms with Crippen molar-refractivity contribution in [1.29, 1.82) is 5.26 Å². The lowest BCUT2D eigenvalue weighted by atomic mass is 9.93. The van der Waals surface area contributed by atoms with E-state index in [9.17, 15) is 14.4 Å². The molecule has 2 aromatic heterocycles. The maximum atomic E-state index is 13.3. The van der Waals surface area contributed by atoms with Crippen LogP contribution in [-0.4, -0.2) is 22.4 Å². The number of aromatic nitrogens is 2. The van der Waals surface area contributed by atoms with Gasteiger partial charge in [0.1, 0.15) is 23.6 Å². The van der Waals surface area contributed by atoms with Crippen LogP contribution < -0.4 is 11.1 Å². The fourth-order valence-electron chi connectivity index (χ4n) is 2.93. The van der Waals surface area contributed by atoms with E-state index in [2.05, 4.69) is 15.3 Å². The highest BCUT2D eigenvalue weighted by molar-refractivity contribution is 5.86. The lowest BCUT2D eigenvalue weighted by Crippen LogP contribution is -2.25. The Morgan fingerprint density at radius 1 is 1.21 bits per heavy atom. The van der Waals surface area contributed by atoms with Crippen LogP contribution in [0.2, 0.25) is 0 Å². The van der Waals surface area contributed by atoms with Crippen LogP contribution in [-0.2, 0) is 11.2 Å². The predicted molar refractivity (Wildman–Crippen MR) is 103 cm³/mol. The molecule has 2 heterocycles. The summed E-state index contributed by atoms with van der Waals surface area (Å²) in [5.41, 5.74) is 7.73. The Balaban J connectivity index is 1.89. The van der Waals surface area contributed by atoms with Gasteiger partial charge in [0.25, 0.3) is 0 Å². The Morgan fingerprint density at radius 2 is 2.07 bits per heavy atom. The minimum Gasteiger partial charge on any atom is -0.369 e. The first-order chi connectivity index (χ1) is 13.6. The number of carbonyl (C=O) groups is 1. The van der Waals surface area contributed by atoms with Crippen molar-refractivity contribution < 1.29 is 9.18 Å². The first-order valence-corrected chi connectivity index (χ1v) is 8.67. The summed E-state index contributed by atoms with van der Waals surface area (Å²) in [6.45, 7) is 0.461. The highest BCUT2D eigenvalue weighted by atomic mass is 19.1. The van der Waals surface area contributed by atoms with E-state index in [0.29, 0.717) is 35.6 Å². The van der Waals surface area contributed by atoms with Crippen LogP contribution in [0.25, 0.3) is 0 Å². The summed E-state index contributed by atoms with van der Waals surface area (Å²) >= 11 is 0. The van der Waals surface area contributed by atoms with Crippen LogP contribution in [0.5, 0.6) is 0 Å². The van der Waals surface area contributed by atoms with Crippen molar-refractivity contribution in [1.82, 2.24) is 9.97 Å². The van der Waals surface area contributed by atoms with Gasteiger partial charge >= 0.3 is 0 Å². The molecular weight excluding hydrogens is 357 g/mol. The third-order valence-electron chi connectivity index (χ3n) is 4.22. The van der Waals surface area contributed by atoms with Crippen LogP contribution in [0, 0.1) is 17.1 Å². The van der Waals surface area contributed by atoms with Crippen LogP contribution in [0.3, 0.4) is 0 Å². The number of carbonyl (C=O) groups excluding carboxylic acids is 1. The number of nitrogens with zero attached hydrogens (tertiary/aromatic N) is 3. The molecular formula is C21H18FN5O. The number of amides is 1. The Hall–Kier alpha value is -3.79. The largest absolute Gasteiger partial charge is 0.369 e. The van der Waals surface area contributed by atoms with E-state index in [1.165, 1.54) is 18.3 Å². The summed E-state index contributed by atoms with van der Waals surface area (Å²) in [5, 5.41) is 12.4. The maximum Gasteiger partial charge on any atom is 0.231 e. The summed E-state index contributed by atoms with van der Waals surface area (Å²) in [6.07, 6.45) is 3.55. The molecule has 28 heavy (non-hydrogen) atoms. The highest BCUT2D eigenvalue weighted by Crippen LogP contribution is 2.28. The number of primary amides is 1. The van der Waals surface area contributed by atoms with Gasteiger partial charge in [0.05, 0.1) is 11.3 Å². The third kappa shape index (κ3) is 4.48. The number of benzene rings is 1. The monoisotopic (exact) mass is 375 g/mol. The number of nitrogens with two attached hydrogens (primary N) is 1. The molecule has 0 aliphatic heterocycles. The molecule has 1 amide bonds. The van der Waals surface area contributed by atoms with Crippen LogP contribution in [0.15, 0.2) is 60.9 Å². The van der Waals surface area contributed by atoms with Gasteiger partial charge < -0.3 is 11.1 Å². The Bertz CT molecular complexity index is 1020. The molecule has 0 aliphatic carbocycles. The Kier molecular flexibility index (Phi) is 5.92. The molecule has 3 rings (SSSR count). The minimum atomic E-state index is -0.848. The molecule has 7 heteroatoms. The van der Waals surface area contributed by atoms with Gasteiger partial charge in [0, 0.05) is 24.5 Å². The quantitative estimate of drug-likeness (QED) is 0.661. The number of hydrogen-bond donors (Lipinski definition) is 2. The molecule has 0 saturated carbocycles. The number of nitrogens with one attached hydrogen (secondary N) is 1. The zero-order chi connectivity index (χ0) is 19.9. The van der Waals surface area contributed by atoms with Crippen molar-refractivity contribution in [2.45, 2.75) is 12.3 Å². The van der Waals surface area contributed by atoms with Crippen molar-refractivity contribution in [3.8, 4) is 6.07 Å². The third-order valence-corrected chi connectivity index (χ3v) is 4.22. The smallest absolute Gasteiger partial charge is 0.231 e. The molecule has 6 nitrogen and oxygen atoms in total. The van der Waals surface area contributed by atoms with E-state index in [0.717, 1.165) is 5.56 Å². The first-order valence-electron chi connectivity index (χ1n) is 8.67. The van der Waals surface area contributed by atoms with Crippen molar-refractivity contribution in [2.24, 2.45) is 5.73 Å². The second-order valence-corrected chi connectivity index (χ2v) is 6.17. The van der Waals surface area contributed by atoms with E-state index in [1.807, 2.05) is 12.1 Å². The van der Waals surface area contributed by atoms with Gasteiger partial charge in [0.15, 0.2) is 0 Å². The number of anilines is 1. The Morgan fingerprint density at radius 3 is 2.75 bits per heavy atom. The van der Waals surface area contributed by atoms with Crippen molar-refractivity contribution in [3.63, 3.8) is 0 Å². The van der Waals surface area contributed by atoms with Gasteiger partial charge in [-0.2, -0.15) is 5.26 Å². The summed E-state index contributed by atoms with van der Waals surface area (Å²) in [6, 6.07) is 15.2. The summed E-state index contributed by atoms with van der Waals surface area (Å²) in [7, 11) is 0. The molecule has 1 atom stereocenters. The SMILES string of the molecule is N#Cc1cnc(NCCc2cccc(F)c2)c(C(C(N)=O)c2ccccn2)c1. The van der Waals surface area contributed by atoms with Crippen LogP contribution >= 0.6 is 0 Å². The highest BCUT2D eigenvalue weighted by Gasteiger charge is 2.25. The van der Waals surface area contributed by atoms with E-state index in [-0.39, 0.29) is 5.82 Å². The molecule has 0 radical (unpaired) electrons. The van der Waals surface area contributed by atoms with E-state index < -0.39 is 11.8 Å². The standard InChI is InChI=1S/C21H18FN5O/c22-16-5-3-4-14(10-16)7-9-26-21-17(11-15(12-23)13-27-21)19(20(24)28)18-6-1-2-8-25-18/h1-6,8,10-11,13,19H,7,9H2,(H2,24,28)(H,26,27). The lowest BCUT2D eigenvalue weighted by Gasteiger charge is -2.18. The zero-order valence-electron chi connectivity index (χ0n) is 15.0. The molecule has 3 N–H and O–H groups in total. The van der Waals surface area contributed by atoms with E-state index in [4.69, 9.17) is 5.73 Å². The first kappa shape index (κ1) is 19.0. The van der Waals surface area contributed by atoms with Gasteiger partial charge in [-0.25, -0.2) is 9.37 Å². The molecule has 3 aromatic rings. The number of halogens is 1. The van der Waals surface area contributed by atoms with E-state index >= 15 is 0 Å². The molecule has 0 fully saturated rings. The Labute approximate surface area is 161 Å². The average molecular weight is 375 g/mol. The maximum absolute atomic E-state index is 13.3. The second kappa shape index (κ2) is 8.73. The number of hydrogen-bond acceptors (Lipinski definition) is 5. The van der Waals surface area contributed by atoms with Crippen molar-refractivity contribution in [3.05, 3.63) is 89.1 Å². The topological polar surface area (TPSA) is 105 Å². The predicted octanol–water partition coefficient (Wildman–Crippen LogP) is 2.76. The fraction of sp³-hybridized carbons (Fsp3) is 0.143. The molecule has 1 unspecified atom stereocenters. The molecule has 0 saturated heterocycles. The number of nitriles is 1. The second-order valence-electron chi connectivity index (χ2n) is 6.17. The van der Waals surface area contributed by atoms with Gasteiger partial charge in [0.2, 0.25) is 5.91 Å². The zero-order valence-corrected chi connectivity index (χ0v) is 15.0. The summed E-state index contributed by atoms with van der Waals surface area (Å²) < 4.78 is 13.3. The van der Waals surface area contributed by atoms with Gasteiger partial charge in [-0.1, -0.05) is 18.2 Å². The molecule has 0 aliphatic rings. The van der Waals surface area contributed by atoms with Crippen molar-refractivity contribution >= 4 is 11.7 Å². The van der Waals surface area contributed by atoms with E-state index in [1.54, 1.807) is 36.5 Å². The molecule has 1 aromatic carbocycles. The lowest BCUT2D eigenvalue weighted by molar-refractivity contribution is -0.118. The fourth-order valence-corrected chi connectivity index (χ4v) is 2.93. The average Bonchev–Trinajstić information content (AvgIpc) is 2.70. The van der Waals surface area contributed by atoms with Crippen molar-refractivity contribution in [2.75, 3.05) is 11.9 Å². The summed E-state index contributed by atoms with van der Waals surface area (Å²) in [5.74, 6) is -1.30. The minimum absolute atomic E-state index is 0.293. The normalized spacial score (nSPS) is 11.4. The van der Waals surface area contributed by atoms with Crippen LogP contribution in [0.4, 0.5) is 10.2 Å². The number of pyridine rings is 2.